The quantitative estimate of drug-likeness (QED) is 0.434. The van der Waals surface area contributed by atoms with E-state index in [1.807, 2.05) is 6.07 Å². The van der Waals surface area contributed by atoms with Crippen molar-refractivity contribution < 1.29 is 14.7 Å². The first-order valence-electron chi connectivity index (χ1n) is 11.5. The fraction of sp³-hybridized carbons (Fsp3) is 0.667. The molecular weight excluding hydrogens is 364 g/mol. The maximum absolute atomic E-state index is 12.6. The Balaban J connectivity index is 1.61. The molecule has 0 spiro atoms. The molecule has 1 aliphatic heterocycles. The topological polar surface area (TPSA) is 69.6 Å². The van der Waals surface area contributed by atoms with Gasteiger partial charge in [0, 0.05) is 18.5 Å². The second-order valence-corrected chi connectivity index (χ2v) is 8.18. The molecule has 2 amide bonds. The molecule has 0 radical (unpaired) electrons. The third-order valence-electron chi connectivity index (χ3n) is 5.79. The maximum Gasteiger partial charge on any atom is 0.242 e. The van der Waals surface area contributed by atoms with Crippen LogP contribution in [0, 0.1) is 0 Å². The highest BCUT2D eigenvalue weighted by Crippen LogP contribution is 2.25. The number of carbonyl (C=O) groups is 2. The lowest BCUT2D eigenvalue weighted by Gasteiger charge is -2.24. The molecule has 1 aromatic carbocycles. The number of rotatable bonds is 14. The zero-order chi connectivity index (χ0) is 20.9. The Morgan fingerprint density at radius 3 is 2.31 bits per heavy atom. The van der Waals surface area contributed by atoms with Crippen LogP contribution in [0.25, 0.3) is 0 Å². The van der Waals surface area contributed by atoms with Crippen molar-refractivity contribution in [2.75, 3.05) is 6.54 Å². The Morgan fingerprint density at radius 1 is 1.03 bits per heavy atom. The Bertz CT molecular complexity index is 632. The molecule has 0 unspecified atom stereocenters. The highest BCUT2D eigenvalue weighted by Gasteiger charge is 2.36. The molecule has 1 atom stereocenters. The molecule has 29 heavy (non-hydrogen) atoms. The van der Waals surface area contributed by atoms with E-state index in [1.165, 1.54) is 51.4 Å². The number of hydrogen-bond donors (Lipinski definition) is 2. The predicted molar refractivity (Wildman–Crippen MR) is 117 cm³/mol. The number of phenols is 1. The van der Waals surface area contributed by atoms with Gasteiger partial charge < -0.3 is 15.3 Å². The summed E-state index contributed by atoms with van der Waals surface area (Å²) in [6.07, 6.45) is 13.6. The van der Waals surface area contributed by atoms with Crippen molar-refractivity contribution in [1.82, 2.24) is 10.2 Å². The molecule has 162 valence electrons. The van der Waals surface area contributed by atoms with Gasteiger partial charge in [-0.05, 0) is 18.9 Å². The van der Waals surface area contributed by atoms with E-state index in [2.05, 4.69) is 12.2 Å². The fourth-order valence-electron chi connectivity index (χ4n) is 3.97. The van der Waals surface area contributed by atoms with Gasteiger partial charge in [0.25, 0.3) is 0 Å². The average Bonchev–Trinajstić information content (AvgIpc) is 3.08. The molecule has 5 nitrogen and oxygen atoms in total. The van der Waals surface area contributed by atoms with E-state index in [4.69, 9.17) is 0 Å². The average molecular weight is 403 g/mol. The van der Waals surface area contributed by atoms with Crippen LogP contribution in [-0.2, 0) is 16.1 Å². The van der Waals surface area contributed by atoms with Crippen LogP contribution >= 0.6 is 0 Å². The van der Waals surface area contributed by atoms with E-state index in [9.17, 15) is 14.7 Å². The van der Waals surface area contributed by atoms with Crippen LogP contribution in [0.5, 0.6) is 5.75 Å². The summed E-state index contributed by atoms with van der Waals surface area (Å²) in [5, 5.41) is 13.0. The number of para-hydroxylation sites is 1. The van der Waals surface area contributed by atoms with Gasteiger partial charge in [-0.15, -0.1) is 0 Å². The Morgan fingerprint density at radius 2 is 1.66 bits per heavy atom. The zero-order valence-electron chi connectivity index (χ0n) is 18.0. The van der Waals surface area contributed by atoms with Gasteiger partial charge in [-0.2, -0.15) is 0 Å². The number of phenolic OH excluding ortho intramolecular Hbond substituents is 1. The van der Waals surface area contributed by atoms with Crippen LogP contribution in [0.3, 0.4) is 0 Å². The molecule has 0 bridgehead atoms. The fourth-order valence-corrected chi connectivity index (χ4v) is 3.97. The molecule has 1 heterocycles. The highest BCUT2D eigenvalue weighted by molar-refractivity contribution is 5.90. The number of unbranched alkanes of at least 4 members (excludes halogenated alkanes) is 9. The monoisotopic (exact) mass is 402 g/mol. The number of aromatic hydroxyl groups is 1. The van der Waals surface area contributed by atoms with Crippen molar-refractivity contribution in [3.05, 3.63) is 29.8 Å². The van der Waals surface area contributed by atoms with Crippen LogP contribution in [-0.4, -0.2) is 34.4 Å². The summed E-state index contributed by atoms with van der Waals surface area (Å²) in [4.78, 5) is 26.4. The maximum atomic E-state index is 12.6. The Kier molecular flexibility index (Phi) is 10.6. The van der Waals surface area contributed by atoms with E-state index < -0.39 is 6.04 Å². The third-order valence-corrected chi connectivity index (χ3v) is 5.79. The zero-order valence-corrected chi connectivity index (χ0v) is 18.0. The SMILES string of the molecule is CCCCCCCCCCCCNC(=O)[C@@H]1CCC(=O)N1Cc1ccccc1O. The lowest BCUT2D eigenvalue weighted by molar-refractivity contribution is -0.135. The molecular formula is C24H38N2O3. The molecule has 1 saturated heterocycles. The van der Waals surface area contributed by atoms with Crippen LogP contribution in [0.15, 0.2) is 24.3 Å². The van der Waals surface area contributed by atoms with Gasteiger partial charge >= 0.3 is 0 Å². The van der Waals surface area contributed by atoms with E-state index in [1.54, 1.807) is 23.1 Å². The van der Waals surface area contributed by atoms with Gasteiger partial charge in [-0.1, -0.05) is 82.9 Å². The summed E-state index contributed by atoms with van der Waals surface area (Å²) in [5.74, 6) is 0.0752. The molecule has 0 aromatic heterocycles. The lowest BCUT2D eigenvalue weighted by atomic mass is 10.1. The van der Waals surface area contributed by atoms with Gasteiger partial charge in [0.2, 0.25) is 11.8 Å². The molecule has 1 fully saturated rings. The number of amides is 2. The van der Waals surface area contributed by atoms with E-state index in [0.717, 1.165) is 12.8 Å². The van der Waals surface area contributed by atoms with Crippen LogP contribution in [0.1, 0.15) is 89.5 Å². The van der Waals surface area contributed by atoms with Gasteiger partial charge in [0.1, 0.15) is 11.8 Å². The molecule has 1 aromatic rings. The summed E-state index contributed by atoms with van der Waals surface area (Å²) < 4.78 is 0. The second-order valence-electron chi connectivity index (χ2n) is 8.18. The molecule has 5 heteroatoms. The van der Waals surface area contributed by atoms with Crippen molar-refractivity contribution in [1.29, 1.82) is 0 Å². The minimum Gasteiger partial charge on any atom is -0.508 e. The third kappa shape index (κ3) is 8.08. The molecule has 0 aliphatic carbocycles. The lowest BCUT2D eigenvalue weighted by Crippen LogP contribution is -2.44. The van der Waals surface area contributed by atoms with Gasteiger partial charge in [0.05, 0.1) is 6.54 Å². The van der Waals surface area contributed by atoms with Crippen LogP contribution in [0.4, 0.5) is 0 Å². The second kappa shape index (κ2) is 13.2. The van der Waals surface area contributed by atoms with E-state index >= 15 is 0 Å². The van der Waals surface area contributed by atoms with E-state index in [-0.39, 0.29) is 24.1 Å². The Hall–Kier alpha value is -2.04. The van der Waals surface area contributed by atoms with Crippen LogP contribution < -0.4 is 5.32 Å². The first-order valence-corrected chi connectivity index (χ1v) is 11.5. The number of carbonyl (C=O) groups excluding carboxylic acids is 2. The largest absolute Gasteiger partial charge is 0.508 e. The van der Waals surface area contributed by atoms with Gasteiger partial charge in [0.15, 0.2) is 0 Å². The van der Waals surface area contributed by atoms with Crippen molar-refractivity contribution in [3.8, 4) is 5.75 Å². The van der Waals surface area contributed by atoms with Crippen molar-refractivity contribution in [2.45, 2.75) is 96.6 Å². The number of nitrogens with one attached hydrogen (secondary N) is 1. The number of likely N-dealkylation sites (tertiary alicyclic amines) is 1. The van der Waals surface area contributed by atoms with Crippen molar-refractivity contribution in [2.24, 2.45) is 0 Å². The van der Waals surface area contributed by atoms with Gasteiger partial charge in [-0.3, -0.25) is 9.59 Å². The van der Waals surface area contributed by atoms with Crippen LogP contribution in [0.2, 0.25) is 0 Å². The summed E-state index contributed by atoms with van der Waals surface area (Å²) in [5.41, 5.74) is 0.676. The molecule has 0 saturated carbocycles. The normalized spacial score (nSPS) is 16.4. The van der Waals surface area contributed by atoms with Crippen molar-refractivity contribution in [3.63, 3.8) is 0 Å². The first-order chi connectivity index (χ1) is 14.1. The molecule has 2 rings (SSSR count). The summed E-state index contributed by atoms with van der Waals surface area (Å²) in [6.45, 7) is 3.20. The standard InChI is InChI=1S/C24H38N2O3/c1-2-3-4-5-6-7-8-9-10-13-18-25-24(29)21-16-17-23(28)26(21)19-20-14-11-12-15-22(20)27/h11-12,14-15,21,27H,2-10,13,16-19H2,1H3,(H,25,29)/t21-/m0/s1. The van der Waals surface area contributed by atoms with Crippen molar-refractivity contribution >= 4 is 11.8 Å². The minimum absolute atomic E-state index is 0.0210. The highest BCUT2D eigenvalue weighted by atomic mass is 16.3. The molecule has 1 aliphatic rings. The smallest absolute Gasteiger partial charge is 0.242 e. The summed E-state index contributed by atoms with van der Waals surface area (Å²) >= 11 is 0. The first kappa shape index (κ1) is 23.2. The molecule has 2 N–H and O–H groups in total. The number of benzene rings is 1. The Labute approximate surface area is 175 Å². The number of nitrogens with zero attached hydrogens (tertiary/aromatic N) is 1. The van der Waals surface area contributed by atoms with Gasteiger partial charge in [-0.25, -0.2) is 0 Å². The predicted octanol–water partition coefficient (Wildman–Crippen LogP) is 4.92. The number of hydrogen-bond acceptors (Lipinski definition) is 3. The summed E-state index contributed by atoms with van der Waals surface area (Å²) in [6, 6.07) is 6.55. The van der Waals surface area contributed by atoms with E-state index in [0.29, 0.717) is 24.9 Å². The minimum atomic E-state index is -0.426. The summed E-state index contributed by atoms with van der Waals surface area (Å²) in [7, 11) is 0.